The normalized spacial score (nSPS) is 21.7. The topological polar surface area (TPSA) is 75.4 Å². The molecule has 3 N–H and O–H groups in total. The molecule has 0 aromatic carbocycles. The van der Waals surface area contributed by atoms with E-state index in [0.717, 1.165) is 50.8 Å². The lowest BCUT2D eigenvalue weighted by atomic mass is 9.95. The van der Waals surface area contributed by atoms with Crippen LogP contribution in [0.1, 0.15) is 53.4 Å². The Morgan fingerprint density at radius 1 is 1.30 bits per heavy atom. The van der Waals surface area contributed by atoms with E-state index in [4.69, 9.17) is 5.73 Å². The predicted molar refractivity (Wildman–Crippen MR) is 92.9 cm³/mol. The van der Waals surface area contributed by atoms with E-state index in [1.54, 1.807) is 0 Å². The zero-order valence-electron chi connectivity index (χ0n) is 13.7. The first-order valence-electron chi connectivity index (χ1n) is 8.51. The van der Waals surface area contributed by atoms with Gasteiger partial charge in [-0.3, -0.25) is 14.5 Å². The first kappa shape index (κ1) is 16.5. The van der Waals surface area contributed by atoms with Crippen LogP contribution in [0.2, 0.25) is 0 Å². The van der Waals surface area contributed by atoms with Gasteiger partial charge in [-0.15, -0.1) is 11.3 Å². The number of carbonyl (C=O) groups is 2. The first-order chi connectivity index (χ1) is 11.0. The summed E-state index contributed by atoms with van der Waals surface area (Å²) in [5.74, 6) is 0.179. The molecular weight excluding hydrogens is 310 g/mol. The standard InChI is InChI=1S/C17H25N3O2S/c1-11-5-4-8-20(9-11)10-14(21)19-17-15(16(18)22)12-6-2-3-7-13(12)23-17/h11H,2-10H2,1H3,(H2,18,22)(H,19,21)/t11-/m0/s1. The van der Waals surface area contributed by atoms with Gasteiger partial charge in [-0.1, -0.05) is 6.92 Å². The lowest BCUT2D eigenvalue weighted by Gasteiger charge is -2.30. The van der Waals surface area contributed by atoms with Crippen LogP contribution in [0.25, 0.3) is 0 Å². The molecule has 0 bridgehead atoms. The van der Waals surface area contributed by atoms with Crippen LogP contribution in [0.3, 0.4) is 0 Å². The first-order valence-corrected chi connectivity index (χ1v) is 9.32. The lowest BCUT2D eigenvalue weighted by molar-refractivity contribution is -0.117. The maximum absolute atomic E-state index is 12.4. The van der Waals surface area contributed by atoms with Crippen molar-refractivity contribution < 1.29 is 9.59 Å². The number of thiophene rings is 1. The molecule has 0 radical (unpaired) electrons. The van der Waals surface area contributed by atoms with Crippen LogP contribution in [0.5, 0.6) is 0 Å². The maximum atomic E-state index is 12.4. The molecule has 0 spiro atoms. The Balaban J connectivity index is 1.70. The summed E-state index contributed by atoms with van der Waals surface area (Å²) < 4.78 is 0. The van der Waals surface area contributed by atoms with Crippen LogP contribution in [-0.4, -0.2) is 36.3 Å². The molecule has 0 saturated carbocycles. The van der Waals surface area contributed by atoms with Crippen molar-refractivity contribution in [1.29, 1.82) is 0 Å². The minimum absolute atomic E-state index is 0.0415. The lowest BCUT2D eigenvalue weighted by Crippen LogP contribution is -2.39. The molecule has 1 aliphatic carbocycles. The van der Waals surface area contributed by atoms with Gasteiger partial charge in [0.05, 0.1) is 12.1 Å². The second-order valence-corrected chi connectivity index (χ2v) is 7.92. The van der Waals surface area contributed by atoms with Crippen molar-refractivity contribution in [3.05, 3.63) is 16.0 Å². The highest BCUT2D eigenvalue weighted by Crippen LogP contribution is 2.37. The Morgan fingerprint density at radius 3 is 2.83 bits per heavy atom. The van der Waals surface area contributed by atoms with E-state index in [-0.39, 0.29) is 5.91 Å². The number of rotatable bonds is 4. The second-order valence-electron chi connectivity index (χ2n) is 6.81. The number of nitrogens with zero attached hydrogens (tertiary/aromatic N) is 1. The Kier molecular flexibility index (Phi) is 5.02. The zero-order chi connectivity index (χ0) is 16.4. The van der Waals surface area contributed by atoms with Gasteiger partial charge in [-0.05, 0) is 56.6 Å². The van der Waals surface area contributed by atoms with Gasteiger partial charge in [0.1, 0.15) is 5.00 Å². The number of nitrogens with one attached hydrogen (secondary N) is 1. The molecule has 126 valence electrons. The minimum Gasteiger partial charge on any atom is -0.365 e. The molecule has 3 rings (SSSR count). The summed E-state index contributed by atoms with van der Waals surface area (Å²) in [6.07, 6.45) is 6.49. The Labute approximate surface area is 141 Å². The van der Waals surface area contributed by atoms with Crippen molar-refractivity contribution in [3.63, 3.8) is 0 Å². The van der Waals surface area contributed by atoms with Gasteiger partial charge in [-0.25, -0.2) is 0 Å². The number of likely N-dealkylation sites (tertiary alicyclic amines) is 1. The van der Waals surface area contributed by atoms with Crippen molar-refractivity contribution in [1.82, 2.24) is 4.90 Å². The summed E-state index contributed by atoms with van der Waals surface area (Å²) in [4.78, 5) is 27.6. The number of nitrogens with two attached hydrogens (primary N) is 1. The summed E-state index contributed by atoms with van der Waals surface area (Å²) in [5, 5.41) is 3.60. The largest absolute Gasteiger partial charge is 0.365 e. The molecule has 1 aromatic heterocycles. The molecule has 1 saturated heterocycles. The fraction of sp³-hybridized carbons (Fsp3) is 0.647. The molecule has 1 aliphatic heterocycles. The van der Waals surface area contributed by atoms with E-state index in [1.807, 2.05) is 0 Å². The molecule has 0 unspecified atom stereocenters. The molecule has 2 heterocycles. The Hall–Kier alpha value is -1.40. The minimum atomic E-state index is -0.425. The average Bonchev–Trinajstić information content (AvgIpc) is 2.84. The van der Waals surface area contributed by atoms with Gasteiger partial charge >= 0.3 is 0 Å². The molecule has 2 aliphatic rings. The predicted octanol–water partition coefficient (Wildman–Crippen LogP) is 2.40. The fourth-order valence-electron chi connectivity index (χ4n) is 3.71. The summed E-state index contributed by atoms with van der Waals surface area (Å²) in [5.41, 5.74) is 7.18. The second kappa shape index (κ2) is 7.01. The summed E-state index contributed by atoms with van der Waals surface area (Å²) >= 11 is 1.53. The van der Waals surface area contributed by atoms with Crippen LogP contribution in [-0.2, 0) is 17.6 Å². The van der Waals surface area contributed by atoms with Crippen LogP contribution < -0.4 is 11.1 Å². The SMILES string of the molecule is C[C@H]1CCCN(CC(=O)Nc2sc3c(c2C(N)=O)CCCC3)C1. The van der Waals surface area contributed by atoms with E-state index in [0.29, 0.717) is 23.0 Å². The van der Waals surface area contributed by atoms with E-state index in [9.17, 15) is 9.59 Å². The summed E-state index contributed by atoms with van der Waals surface area (Å²) in [6.45, 7) is 4.56. The quantitative estimate of drug-likeness (QED) is 0.887. The summed E-state index contributed by atoms with van der Waals surface area (Å²) in [6, 6.07) is 0. The molecule has 2 amide bonds. The third-order valence-corrected chi connectivity index (χ3v) is 5.99. The van der Waals surface area contributed by atoms with Crippen molar-refractivity contribution in [3.8, 4) is 0 Å². The van der Waals surface area contributed by atoms with E-state index in [2.05, 4.69) is 17.1 Å². The highest BCUT2D eigenvalue weighted by molar-refractivity contribution is 7.17. The van der Waals surface area contributed by atoms with Crippen molar-refractivity contribution >= 4 is 28.2 Å². The number of primary amides is 1. The average molecular weight is 335 g/mol. The molecular formula is C17H25N3O2S. The molecule has 6 heteroatoms. The van der Waals surface area contributed by atoms with Gasteiger partial charge in [0, 0.05) is 11.4 Å². The highest BCUT2D eigenvalue weighted by atomic mass is 32.1. The molecule has 1 atom stereocenters. The van der Waals surface area contributed by atoms with E-state index in [1.165, 1.54) is 22.6 Å². The van der Waals surface area contributed by atoms with Gasteiger partial charge < -0.3 is 11.1 Å². The van der Waals surface area contributed by atoms with Crippen molar-refractivity contribution in [2.45, 2.75) is 45.4 Å². The van der Waals surface area contributed by atoms with Gasteiger partial charge in [0.25, 0.3) is 5.91 Å². The number of piperidine rings is 1. The Morgan fingerprint density at radius 2 is 2.09 bits per heavy atom. The smallest absolute Gasteiger partial charge is 0.251 e. The third kappa shape index (κ3) is 3.75. The van der Waals surface area contributed by atoms with Gasteiger partial charge in [-0.2, -0.15) is 0 Å². The number of aryl methyl sites for hydroxylation is 1. The molecule has 5 nitrogen and oxygen atoms in total. The number of anilines is 1. The number of fused-ring (bicyclic) bond motifs is 1. The van der Waals surface area contributed by atoms with Crippen LogP contribution in [0, 0.1) is 5.92 Å². The van der Waals surface area contributed by atoms with Crippen LogP contribution in [0.4, 0.5) is 5.00 Å². The fourth-order valence-corrected chi connectivity index (χ4v) is 5.02. The van der Waals surface area contributed by atoms with Crippen molar-refractivity contribution in [2.24, 2.45) is 11.7 Å². The monoisotopic (exact) mass is 335 g/mol. The Bertz CT molecular complexity index is 611. The molecule has 23 heavy (non-hydrogen) atoms. The number of amides is 2. The number of hydrogen-bond acceptors (Lipinski definition) is 4. The van der Waals surface area contributed by atoms with Crippen molar-refractivity contribution in [2.75, 3.05) is 25.0 Å². The van der Waals surface area contributed by atoms with Crippen LogP contribution in [0.15, 0.2) is 0 Å². The van der Waals surface area contributed by atoms with E-state index >= 15 is 0 Å². The summed E-state index contributed by atoms with van der Waals surface area (Å²) in [7, 11) is 0. The van der Waals surface area contributed by atoms with Gasteiger partial charge in [0.15, 0.2) is 0 Å². The number of hydrogen-bond donors (Lipinski definition) is 2. The molecule has 1 aromatic rings. The maximum Gasteiger partial charge on any atom is 0.251 e. The zero-order valence-corrected chi connectivity index (χ0v) is 14.5. The van der Waals surface area contributed by atoms with Gasteiger partial charge in [0.2, 0.25) is 5.91 Å². The number of carbonyl (C=O) groups excluding carboxylic acids is 2. The highest BCUT2D eigenvalue weighted by Gasteiger charge is 2.25. The van der Waals surface area contributed by atoms with Crippen LogP contribution >= 0.6 is 11.3 Å². The van der Waals surface area contributed by atoms with E-state index < -0.39 is 5.91 Å². The molecule has 1 fully saturated rings. The third-order valence-electron chi connectivity index (χ3n) is 4.78.